The second-order valence-corrected chi connectivity index (χ2v) is 6.80. The van der Waals surface area contributed by atoms with Gasteiger partial charge in [-0.2, -0.15) is 0 Å². The Morgan fingerprint density at radius 1 is 1.25 bits per heavy atom. The molecule has 0 saturated carbocycles. The van der Waals surface area contributed by atoms with E-state index in [1.165, 1.54) is 5.57 Å². The number of methoxy groups -OCH3 is 1. The van der Waals surface area contributed by atoms with Gasteiger partial charge in [-0.05, 0) is 39.0 Å². The average Bonchev–Trinajstić information content (AvgIpc) is 2.51. The predicted molar refractivity (Wildman–Crippen MR) is 106 cm³/mol. The molecule has 1 aliphatic rings. The van der Waals surface area contributed by atoms with Crippen LogP contribution in [0.5, 0.6) is 0 Å². The molecule has 1 aliphatic carbocycles. The summed E-state index contributed by atoms with van der Waals surface area (Å²) < 4.78 is 5.54. The second-order valence-electron chi connectivity index (χ2n) is 6.80. The van der Waals surface area contributed by atoms with Crippen LogP contribution in [0.15, 0.2) is 64.9 Å². The average molecular weight is 328 g/mol. The summed E-state index contributed by atoms with van der Waals surface area (Å²) in [5.74, 6) is 1.32. The molecule has 0 spiro atoms. The summed E-state index contributed by atoms with van der Waals surface area (Å²) in [6, 6.07) is 0. The van der Waals surface area contributed by atoms with Crippen LogP contribution in [-0.4, -0.2) is 13.0 Å². The van der Waals surface area contributed by atoms with E-state index in [9.17, 15) is 0 Å². The highest BCUT2D eigenvalue weighted by Crippen LogP contribution is 2.26. The molecule has 0 amide bonds. The molecule has 2 unspecified atom stereocenters. The van der Waals surface area contributed by atoms with Crippen LogP contribution in [0, 0.1) is 11.8 Å². The maximum absolute atomic E-state index is 5.54. The molecular formula is C22H33NO. The summed E-state index contributed by atoms with van der Waals surface area (Å²) in [4.78, 5) is 4.85. The van der Waals surface area contributed by atoms with Crippen LogP contribution in [0.25, 0.3) is 0 Å². The van der Waals surface area contributed by atoms with Crippen molar-refractivity contribution in [2.45, 2.75) is 53.4 Å². The van der Waals surface area contributed by atoms with E-state index in [0.29, 0.717) is 17.7 Å². The molecule has 0 aromatic rings. The van der Waals surface area contributed by atoms with Crippen molar-refractivity contribution in [1.29, 1.82) is 0 Å². The number of rotatable bonds is 7. The van der Waals surface area contributed by atoms with E-state index in [2.05, 4.69) is 58.2 Å². The van der Waals surface area contributed by atoms with E-state index in [1.807, 2.05) is 6.92 Å². The minimum absolute atomic E-state index is 0.320. The minimum Gasteiger partial charge on any atom is -0.481 e. The summed E-state index contributed by atoms with van der Waals surface area (Å²) in [7, 11) is 1.67. The van der Waals surface area contributed by atoms with Gasteiger partial charge in [0, 0.05) is 17.2 Å². The highest BCUT2D eigenvalue weighted by molar-refractivity contribution is 5.93. The molecule has 2 nitrogen and oxygen atoms in total. The minimum atomic E-state index is 0.320. The Morgan fingerprint density at radius 3 is 2.54 bits per heavy atom. The zero-order chi connectivity index (χ0) is 18.1. The molecule has 0 aromatic carbocycles. The summed E-state index contributed by atoms with van der Waals surface area (Å²) in [6.07, 6.45) is 12.9. The first kappa shape index (κ1) is 20.2. The molecule has 0 aliphatic heterocycles. The normalized spacial score (nSPS) is 27.1. The van der Waals surface area contributed by atoms with Crippen molar-refractivity contribution < 1.29 is 4.74 Å². The lowest BCUT2D eigenvalue weighted by Crippen LogP contribution is -2.10. The fourth-order valence-corrected chi connectivity index (χ4v) is 2.81. The molecular weight excluding hydrogens is 294 g/mol. The predicted octanol–water partition coefficient (Wildman–Crippen LogP) is 6.40. The van der Waals surface area contributed by atoms with Gasteiger partial charge < -0.3 is 4.74 Å². The summed E-state index contributed by atoms with van der Waals surface area (Å²) in [5.41, 5.74) is 4.47. The van der Waals surface area contributed by atoms with Crippen molar-refractivity contribution in [1.82, 2.24) is 0 Å². The van der Waals surface area contributed by atoms with Crippen molar-refractivity contribution in [3.8, 4) is 0 Å². The SMILES string of the molecule is C=C(C)CCC(=C)/C(=N\C1=C\C(C)/C=C(C)\C=C/C1CCC)OC. The van der Waals surface area contributed by atoms with Gasteiger partial charge in [-0.3, -0.25) is 0 Å². The molecule has 0 N–H and O–H groups in total. The Kier molecular flexibility index (Phi) is 8.53. The van der Waals surface area contributed by atoms with Gasteiger partial charge in [0.15, 0.2) is 0 Å². The van der Waals surface area contributed by atoms with Gasteiger partial charge in [-0.25, -0.2) is 4.99 Å². The van der Waals surface area contributed by atoms with Gasteiger partial charge in [0.25, 0.3) is 0 Å². The first-order valence-corrected chi connectivity index (χ1v) is 8.90. The van der Waals surface area contributed by atoms with E-state index in [0.717, 1.165) is 42.5 Å². The molecule has 0 radical (unpaired) electrons. The Balaban J connectivity index is 3.12. The molecule has 1 rings (SSSR count). The zero-order valence-corrected chi connectivity index (χ0v) is 16.1. The Labute approximate surface area is 148 Å². The van der Waals surface area contributed by atoms with Crippen molar-refractivity contribution >= 4 is 5.90 Å². The van der Waals surface area contributed by atoms with Gasteiger partial charge in [0.05, 0.1) is 7.11 Å². The third-order valence-corrected chi connectivity index (χ3v) is 4.11. The van der Waals surface area contributed by atoms with E-state index in [4.69, 9.17) is 9.73 Å². The van der Waals surface area contributed by atoms with Crippen LogP contribution >= 0.6 is 0 Å². The monoisotopic (exact) mass is 327 g/mol. The van der Waals surface area contributed by atoms with E-state index in [-0.39, 0.29) is 0 Å². The highest BCUT2D eigenvalue weighted by atomic mass is 16.5. The fraction of sp³-hybridized carbons (Fsp3) is 0.500. The number of aliphatic imine (C=N–C) groups is 1. The van der Waals surface area contributed by atoms with Crippen LogP contribution in [0.4, 0.5) is 0 Å². The van der Waals surface area contributed by atoms with E-state index in [1.54, 1.807) is 7.11 Å². The summed E-state index contributed by atoms with van der Waals surface area (Å²) in [5, 5.41) is 0. The highest BCUT2D eigenvalue weighted by Gasteiger charge is 2.15. The van der Waals surface area contributed by atoms with Gasteiger partial charge in [0.2, 0.25) is 5.90 Å². The molecule has 0 bridgehead atoms. The molecule has 2 heteroatoms. The van der Waals surface area contributed by atoms with Crippen LogP contribution in [-0.2, 0) is 4.74 Å². The lowest BCUT2D eigenvalue weighted by Gasteiger charge is -2.18. The Morgan fingerprint density at radius 2 is 1.96 bits per heavy atom. The number of hydrogen-bond donors (Lipinski definition) is 0. The third-order valence-electron chi connectivity index (χ3n) is 4.11. The number of ether oxygens (including phenoxy) is 1. The molecule has 0 fully saturated rings. The molecule has 132 valence electrons. The van der Waals surface area contributed by atoms with Gasteiger partial charge in [-0.1, -0.05) is 62.3 Å². The van der Waals surface area contributed by atoms with Crippen LogP contribution in [0.3, 0.4) is 0 Å². The topological polar surface area (TPSA) is 21.6 Å². The summed E-state index contributed by atoms with van der Waals surface area (Å²) >= 11 is 0. The molecule has 0 heterocycles. The molecule has 2 atom stereocenters. The summed E-state index contributed by atoms with van der Waals surface area (Å²) in [6.45, 7) is 16.7. The lowest BCUT2D eigenvalue weighted by molar-refractivity contribution is 0.400. The largest absolute Gasteiger partial charge is 0.481 e. The van der Waals surface area contributed by atoms with E-state index < -0.39 is 0 Å². The van der Waals surface area contributed by atoms with Crippen LogP contribution < -0.4 is 0 Å². The lowest BCUT2D eigenvalue weighted by atomic mass is 9.92. The number of allylic oxidation sites excluding steroid dienone is 6. The standard InChI is InChI=1S/C22H33NO/c1-8-9-20-13-11-17(4)14-18(5)15-21(20)23-22(24-7)19(6)12-10-16(2)3/h11,13-15,18,20H,2,6,8-10,12H2,1,3-5,7H3/b13-11-,17-14-,21-15+,23-22+. The van der Waals surface area contributed by atoms with Crippen molar-refractivity contribution in [2.24, 2.45) is 16.8 Å². The van der Waals surface area contributed by atoms with Crippen molar-refractivity contribution in [2.75, 3.05) is 7.11 Å². The van der Waals surface area contributed by atoms with Crippen molar-refractivity contribution in [3.05, 3.63) is 59.9 Å². The third kappa shape index (κ3) is 6.74. The smallest absolute Gasteiger partial charge is 0.215 e. The zero-order valence-electron chi connectivity index (χ0n) is 16.1. The van der Waals surface area contributed by atoms with Crippen LogP contribution in [0.1, 0.15) is 53.4 Å². The Bertz CT molecular complexity index is 575. The van der Waals surface area contributed by atoms with E-state index >= 15 is 0 Å². The fourth-order valence-electron chi connectivity index (χ4n) is 2.81. The van der Waals surface area contributed by atoms with Crippen LogP contribution in [0.2, 0.25) is 0 Å². The Hall–Kier alpha value is -1.83. The van der Waals surface area contributed by atoms with Gasteiger partial charge >= 0.3 is 0 Å². The second kappa shape index (κ2) is 10.1. The van der Waals surface area contributed by atoms with Gasteiger partial charge in [-0.15, -0.1) is 6.58 Å². The maximum Gasteiger partial charge on any atom is 0.215 e. The maximum atomic E-state index is 5.54. The number of hydrogen-bond acceptors (Lipinski definition) is 2. The molecule has 0 aromatic heterocycles. The van der Waals surface area contributed by atoms with Gasteiger partial charge in [0.1, 0.15) is 0 Å². The first-order chi connectivity index (χ1) is 11.4. The molecule has 24 heavy (non-hydrogen) atoms. The quantitative estimate of drug-likeness (QED) is 0.301. The first-order valence-electron chi connectivity index (χ1n) is 8.90. The molecule has 0 saturated heterocycles. The van der Waals surface area contributed by atoms with Crippen molar-refractivity contribution in [3.63, 3.8) is 0 Å². The number of nitrogens with zero attached hydrogens (tertiary/aromatic N) is 1.